The molecule has 5 rings (SSSR count). The number of thioether (sulfide) groups is 1. The second-order valence-corrected chi connectivity index (χ2v) is 11.6. The number of nitrogens with zero attached hydrogens (tertiary/aromatic N) is 1. The molecule has 212 valence electrons. The minimum absolute atomic E-state index is 0.0806. The molecule has 40 heavy (non-hydrogen) atoms. The predicted octanol–water partition coefficient (Wildman–Crippen LogP) is 7.96. The lowest BCUT2D eigenvalue weighted by Crippen LogP contribution is -2.26. The lowest BCUT2D eigenvalue weighted by molar-refractivity contribution is -0.158. The van der Waals surface area contributed by atoms with Gasteiger partial charge in [0.1, 0.15) is 23.4 Å². The van der Waals surface area contributed by atoms with Gasteiger partial charge in [-0.1, -0.05) is 18.2 Å². The Hall–Kier alpha value is -3.10. The Bertz CT molecular complexity index is 1370. The summed E-state index contributed by atoms with van der Waals surface area (Å²) in [5, 5.41) is 10.2. The van der Waals surface area contributed by atoms with Gasteiger partial charge in [0.2, 0.25) is 0 Å². The van der Waals surface area contributed by atoms with Crippen molar-refractivity contribution in [2.75, 3.05) is 32.1 Å². The third-order valence-corrected chi connectivity index (χ3v) is 8.31. The van der Waals surface area contributed by atoms with E-state index in [0.717, 1.165) is 89.2 Å². The molecule has 1 saturated heterocycles. The van der Waals surface area contributed by atoms with Crippen molar-refractivity contribution in [1.82, 2.24) is 4.90 Å². The molecule has 0 aliphatic carbocycles. The minimum Gasteiger partial charge on any atom is -0.508 e. The second-order valence-electron chi connectivity index (χ2n) is 10.4. The number of likely N-dealkylation sites (tertiary alicyclic amines) is 1. The maximum absolute atomic E-state index is 13.5. The molecule has 3 aromatic rings. The summed E-state index contributed by atoms with van der Waals surface area (Å²) in [5.41, 5.74) is 6.00. The Labute approximate surface area is 237 Å². The van der Waals surface area contributed by atoms with Crippen molar-refractivity contribution in [1.29, 1.82) is 0 Å². The van der Waals surface area contributed by atoms with Crippen LogP contribution in [0, 0.1) is 6.92 Å². The first-order chi connectivity index (χ1) is 19.2. The molecule has 2 aliphatic rings. The molecule has 3 aromatic carbocycles. The number of aryl methyl sites for hydroxylation is 1. The van der Waals surface area contributed by atoms with Crippen molar-refractivity contribution in [3.05, 3.63) is 82.9 Å². The monoisotopic (exact) mass is 569 g/mol. The van der Waals surface area contributed by atoms with Crippen molar-refractivity contribution in [2.45, 2.75) is 50.2 Å². The number of phenolic OH excluding ortho intramolecular Hbond substituents is 1. The first kappa shape index (κ1) is 28.4. The molecule has 1 atom stereocenters. The number of hydrogen-bond donors (Lipinski definition) is 1. The third kappa shape index (κ3) is 6.78. The fourth-order valence-electron chi connectivity index (χ4n) is 5.50. The number of alkyl halides is 3. The van der Waals surface area contributed by atoms with Crippen LogP contribution >= 0.6 is 11.8 Å². The quantitative estimate of drug-likeness (QED) is 0.283. The summed E-state index contributed by atoms with van der Waals surface area (Å²) in [6.07, 6.45) is -0.947. The topological polar surface area (TPSA) is 41.9 Å². The molecule has 0 radical (unpaired) electrons. The number of benzene rings is 3. The molecule has 0 aromatic heterocycles. The van der Waals surface area contributed by atoms with Crippen molar-refractivity contribution in [2.24, 2.45) is 0 Å². The van der Waals surface area contributed by atoms with E-state index in [4.69, 9.17) is 9.47 Å². The summed E-state index contributed by atoms with van der Waals surface area (Å²) in [5.74, 6) is 1.94. The van der Waals surface area contributed by atoms with Crippen LogP contribution in [0.5, 0.6) is 17.2 Å². The number of aromatic hydroxyl groups is 1. The molecular weight excluding hydrogens is 535 g/mol. The van der Waals surface area contributed by atoms with Crippen LogP contribution in [-0.2, 0) is 0 Å². The van der Waals surface area contributed by atoms with Gasteiger partial charge in [-0.05, 0) is 102 Å². The minimum atomic E-state index is -3.26. The highest BCUT2D eigenvalue weighted by Crippen LogP contribution is 2.45. The number of phenols is 1. The molecule has 0 amide bonds. The molecule has 0 bridgehead atoms. The first-order valence-corrected chi connectivity index (χ1v) is 14.6. The zero-order valence-corrected chi connectivity index (χ0v) is 23.6. The van der Waals surface area contributed by atoms with Gasteiger partial charge in [0.25, 0.3) is 0 Å². The molecule has 1 N–H and O–H groups in total. The van der Waals surface area contributed by atoms with E-state index in [2.05, 4.69) is 17.0 Å². The number of rotatable bonds is 9. The van der Waals surface area contributed by atoms with Crippen LogP contribution in [0.4, 0.5) is 13.2 Å². The highest BCUT2D eigenvalue weighted by atomic mass is 32.2. The van der Waals surface area contributed by atoms with Crippen molar-refractivity contribution in [3.63, 3.8) is 0 Å². The second kappa shape index (κ2) is 12.2. The predicted molar refractivity (Wildman–Crippen MR) is 154 cm³/mol. The van der Waals surface area contributed by atoms with Crippen LogP contribution in [0.3, 0.4) is 0 Å². The van der Waals surface area contributed by atoms with Gasteiger partial charge in [-0.15, -0.1) is 11.8 Å². The van der Waals surface area contributed by atoms with Gasteiger partial charge in [0.05, 0.1) is 6.67 Å². The van der Waals surface area contributed by atoms with E-state index < -0.39 is 6.11 Å². The molecule has 2 heterocycles. The Kier molecular flexibility index (Phi) is 8.66. The van der Waals surface area contributed by atoms with Crippen LogP contribution in [0.15, 0.2) is 65.6 Å². The van der Waals surface area contributed by atoms with Gasteiger partial charge >= 0.3 is 6.11 Å². The highest BCUT2D eigenvalue weighted by molar-refractivity contribution is 7.99. The number of fused-ring (bicyclic) bond motifs is 1. The SMILES string of the molecule is Cc1cc(OC(C)(F)F)ccc1C1=C(c2ccc(OC3CCN(CCCF)C3)cc2)c2ccc(O)cc2SCC1. The maximum Gasteiger partial charge on any atom is 0.394 e. The Balaban J connectivity index is 1.49. The normalized spacial score (nSPS) is 18.0. The van der Waals surface area contributed by atoms with E-state index in [0.29, 0.717) is 6.42 Å². The first-order valence-electron chi connectivity index (χ1n) is 13.6. The van der Waals surface area contributed by atoms with Crippen LogP contribution in [0.25, 0.3) is 11.1 Å². The molecule has 0 saturated carbocycles. The van der Waals surface area contributed by atoms with Crippen molar-refractivity contribution in [3.8, 4) is 17.2 Å². The average molecular weight is 570 g/mol. The number of allylic oxidation sites excluding steroid dienone is 1. The zero-order chi connectivity index (χ0) is 28.3. The molecule has 1 unspecified atom stereocenters. The van der Waals surface area contributed by atoms with Gasteiger partial charge in [-0.3, -0.25) is 9.29 Å². The maximum atomic E-state index is 13.5. The summed E-state index contributed by atoms with van der Waals surface area (Å²) >= 11 is 1.69. The summed E-state index contributed by atoms with van der Waals surface area (Å²) in [6.45, 7) is 4.81. The lowest BCUT2D eigenvalue weighted by Gasteiger charge is -2.20. The molecular formula is C32H34F3NO3S. The van der Waals surface area contributed by atoms with Gasteiger partial charge < -0.3 is 14.6 Å². The lowest BCUT2D eigenvalue weighted by atomic mass is 9.86. The van der Waals surface area contributed by atoms with Crippen LogP contribution in [-0.4, -0.2) is 54.3 Å². The van der Waals surface area contributed by atoms with Crippen molar-refractivity contribution < 1.29 is 27.8 Å². The standard InChI is InChI=1S/C32H34F3NO3S/c1-21-18-25(39-32(2,34)35)9-11-27(21)28-13-17-40-30-19-23(37)6-10-29(30)31(28)22-4-7-24(8-5-22)38-26-12-16-36(20-26)15-3-14-33/h4-11,18-19,26,37H,3,12-17,20H2,1-2H3. The number of hydrogen-bond acceptors (Lipinski definition) is 5. The molecule has 0 spiro atoms. The van der Waals surface area contributed by atoms with E-state index in [-0.39, 0.29) is 24.3 Å². The van der Waals surface area contributed by atoms with Crippen LogP contribution in [0.2, 0.25) is 0 Å². The zero-order valence-electron chi connectivity index (χ0n) is 22.8. The fraction of sp³-hybridized carbons (Fsp3) is 0.375. The Morgan fingerprint density at radius 2 is 1.77 bits per heavy atom. The average Bonchev–Trinajstić information content (AvgIpc) is 3.26. The molecule has 2 aliphatic heterocycles. The smallest absolute Gasteiger partial charge is 0.394 e. The summed E-state index contributed by atoms with van der Waals surface area (Å²) in [7, 11) is 0. The summed E-state index contributed by atoms with van der Waals surface area (Å²) < 4.78 is 50.6. The van der Waals surface area contributed by atoms with Crippen LogP contribution in [0.1, 0.15) is 48.4 Å². The highest BCUT2D eigenvalue weighted by Gasteiger charge is 2.26. The van der Waals surface area contributed by atoms with Crippen molar-refractivity contribution >= 4 is 22.9 Å². The number of halogens is 3. The van der Waals surface area contributed by atoms with E-state index >= 15 is 0 Å². The third-order valence-electron chi connectivity index (χ3n) is 7.25. The van der Waals surface area contributed by atoms with Gasteiger partial charge in [0.15, 0.2) is 0 Å². The molecule has 1 fully saturated rings. The van der Waals surface area contributed by atoms with Crippen LogP contribution < -0.4 is 9.47 Å². The summed E-state index contributed by atoms with van der Waals surface area (Å²) in [4.78, 5) is 3.24. The fourth-order valence-corrected chi connectivity index (χ4v) is 6.56. The Morgan fingerprint density at radius 1 is 1.02 bits per heavy atom. The Morgan fingerprint density at radius 3 is 2.50 bits per heavy atom. The van der Waals surface area contributed by atoms with E-state index in [1.807, 2.05) is 31.2 Å². The van der Waals surface area contributed by atoms with E-state index in [9.17, 15) is 18.3 Å². The van der Waals surface area contributed by atoms with Gasteiger partial charge in [-0.25, -0.2) is 0 Å². The largest absolute Gasteiger partial charge is 0.508 e. The molecule has 4 nitrogen and oxygen atoms in total. The summed E-state index contributed by atoms with van der Waals surface area (Å²) in [6, 6.07) is 18.6. The van der Waals surface area contributed by atoms with E-state index in [1.165, 1.54) is 0 Å². The van der Waals surface area contributed by atoms with E-state index in [1.54, 1.807) is 36.0 Å². The molecule has 8 heteroatoms. The van der Waals surface area contributed by atoms with Gasteiger partial charge in [0, 0.05) is 37.2 Å². The van der Waals surface area contributed by atoms with Gasteiger partial charge in [-0.2, -0.15) is 8.78 Å². The number of ether oxygens (including phenoxy) is 2.